The van der Waals surface area contributed by atoms with E-state index in [0.29, 0.717) is 0 Å². The highest BCUT2D eigenvalue weighted by Crippen LogP contribution is 2.30. The lowest BCUT2D eigenvalue weighted by Gasteiger charge is -2.42. The molecule has 3 nitrogen and oxygen atoms in total. The van der Waals surface area contributed by atoms with Crippen molar-refractivity contribution in [1.29, 1.82) is 0 Å². The molecule has 0 heterocycles. The Morgan fingerprint density at radius 3 is 2.04 bits per heavy atom. The average Bonchev–Trinajstić information content (AvgIpc) is 2.68. The van der Waals surface area contributed by atoms with Gasteiger partial charge in [-0.2, -0.15) is 0 Å². The molecule has 0 spiro atoms. The number of carbonyl (C=O) groups is 1. The van der Waals surface area contributed by atoms with Crippen LogP contribution < -0.4 is 4.74 Å². The maximum absolute atomic E-state index is 13.6. The molecule has 0 aliphatic carbocycles. The highest BCUT2D eigenvalue weighted by Gasteiger charge is 2.41. The average molecular weight is 339 g/mol. The molecule has 2 aromatic rings. The zero-order chi connectivity index (χ0) is 18.3. The number of nitrogens with zero attached hydrogens (tertiary/aromatic N) is 1. The Balaban J connectivity index is 2.45. The minimum Gasteiger partial charge on any atom is -0.497 e. The summed E-state index contributed by atoms with van der Waals surface area (Å²) in [6.45, 7) is 8.06. The topological polar surface area (TPSA) is 29.5 Å². The molecule has 0 fully saturated rings. The van der Waals surface area contributed by atoms with Gasteiger partial charge in [-0.3, -0.25) is 9.69 Å². The molecule has 0 aliphatic heterocycles. The van der Waals surface area contributed by atoms with Gasteiger partial charge in [0.1, 0.15) is 5.75 Å². The van der Waals surface area contributed by atoms with Gasteiger partial charge in [0.15, 0.2) is 5.78 Å². The maximum Gasteiger partial charge on any atom is 0.183 e. The Labute approximate surface area is 151 Å². The number of Topliss-reactive ketones (excluding diaryl/α,β-unsaturated/α-hetero) is 1. The van der Waals surface area contributed by atoms with Gasteiger partial charge >= 0.3 is 0 Å². The van der Waals surface area contributed by atoms with Crippen LogP contribution in [0.25, 0.3) is 0 Å². The van der Waals surface area contributed by atoms with Crippen LogP contribution >= 0.6 is 0 Å². The Morgan fingerprint density at radius 1 is 0.960 bits per heavy atom. The third kappa shape index (κ3) is 4.10. The van der Waals surface area contributed by atoms with Gasteiger partial charge in [-0.1, -0.05) is 51.1 Å². The lowest BCUT2D eigenvalue weighted by Crippen LogP contribution is -2.55. The number of hydrogen-bond acceptors (Lipinski definition) is 3. The van der Waals surface area contributed by atoms with Crippen LogP contribution in [0.1, 0.15) is 43.1 Å². The molecule has 0 bridgehead atoms. The van der Waals surface area contributed by atoms with Crippen LogP contribution in [-0.4, -0.2) is 36.4 Å². The second kappa shape index (κ2) is 8.82. The number of methoxy groups -OCH3 is 1. The van der Waals surface area contributed by atoms with E-state index in [-0.39, 0.29) is 5.78 Å². The van der Waals surface area contributed by atoms with Crippen LogP contribution in [0.5, 0.6) is 5.75 Å². The summed E-state index contributed by atoms with van der Waals surface area (Å²) in [6.07, 6.45) is 1.49. The van der Waals surface area contributed by atoms with Crippen LogP contribution in [0, 0.1) is 0 Å². The zero-order valence-corrected chi connectivity index (χ0v) is 15.8. The number of rotatable bonds is 9. The van der Waals surface area contributed by atoms with Gasteiger partial charge in [0.05, 0.1) is 12.6 Å². The van der Waals surface area contributed by atoms with Crippen LogP contribution in [0.2, 0.25) is 0 Å². The van der Waals surface area contributed by atoms with E-state index in [1.54, 1.807) is 7.11 Å². The van der Waals surface area contributed by atoms with Gasteiger partial charge in [-0.25, -0.2) is 0 Å². The van der Waals surface area contributed by atoms with Crippen molar-refractivity contribution in [2.75, 3.05) is 20.2 Å². The quantitative estimate of drug-likeness (QED) is 0.625. The molecule has 1 unspecified atom stereocenters. The number of ether oxygens (including phenoxy) is 1. The predicted octanol–water partition coefficient (Wildman–Crippen LogP) is 4.61. The first-order valence-corrected chi connectivity index (χ1v) is 9.09. The summed E-state index contributed by atoms with van der Waals surface area (Å²) in [5, 5.41) is 0. The molecule has 0 aliphatic rings. The molecular formula is C22H29NO2. The van der Waals surface area contributed by atoms with E-state index >= 15 is 0 Å². The number of ketones is 1. The van der Waals surface area contributed by atoms with Crippen molar-refractivity contribution < 1.29 is 9.53 Å². The molecular weight excluding hydrogens is 310 g/mol. The first-order valence-electron chi connectivity index (χ1n) is 9.09. The highest BCUT2D eigenvalue weighted by atomic mass is 16.5. The summed E-state index contributed by atoms with van der Waals surface area (Å²) in [6, 6.07) is 17.8. The van der Waals surface area contributed by atoms with Crippen LogP contribution in [0.15, 0.2) is 54.6 Å². The predicted molar refractivity (Wildman–Crippen MR) is 103 cm³/mol. The summed E-state index contributed by atoms with van der Waals surface area (Å²) in [7, 11) is 1.64. The standard InChI is InChI=1S/C22H29NO2/c1-5-22(23(6-2)7-3,17-18-11-9-8-10-12-18)21(24)19-13-15-20(25-4)16-14-19/h8-16H,5-7,17H2,1-4H3. The summed E-state index contributed by atoms with van der Waals surface area (Å²) in [4.78, 5) is 15.9. The molecule has 0 N–H and O–H groups in total. The van der Waals surface area contributed by atoms with Gasteiger partial charge in [0, 0.05) is 5.56 Å². The van der Waals surface area contributed by atoms with E-state index in [1.807, 2.05) is 42.5 Å². The molecule has 2 aromatic carbocycles. The summed E-state index contributed by atoms with van der Waals surface area (Å²) < 4.78 is 5.22. The van der Waals surface area contributed by atoms with Crippen molar-refractivity contribution in [3.8, 4) is 5.75 Å². The minimum absolute atomic E-state index is 0.185. The monoisotopic (exact) mass is 339 g/mol. The molecule has 0 saturated carbocycles. The van der Waals surface area contributed by atoms with Crippen molar-refractivity contribution in [3.63, 3.8) is 0 Å². The summed E-state index contributed by atoms with van der Waals surface area (Å²) in [5.41, 5.74) is 1.41. The zero-order valence-electron chi connectivity index (χ0n) is 15.8. The van der Waals surface area contributed by atoms with E-state index in [2.05, 4.69) is 37.8 Å². The van der Waals surface area contributed by atoms with E-state index in [0.717, 1.165) is 37.2 Å². The third-order valence-corrected chi connectivity index (χ3v) is 5.07. The first kappa shape index (κ1) is 19.2. The second-order valence-corrected chi connectivity index (χ2v) is 6.28. The third-order valence-electron chi connectivity index (χ3n) is 5.07. The SMILES string of the molecule is CCN(CC)C(CC)(Cc1ccccc1)C(=O)c1ccc(OC)cc1. The fraction of sp³-hybridized carbons (Fsp3) is 0.409. The largest absolute Gasteiger partial charge is 0.497 e. The van der Waals surface area contributed by atoms with Crippen molar-refractivity contribution in [2.45, 2.75) is 39.2 Å². The van der Waals surface area contributed by atoms with Gasteiger partial charge in [0.25, 0.3) is 0 Å². The molecule has 0 radical (unpaired) electrons. The van der Waals surface area contributed by atoms with Gasteiger partial charge in [-0.15, -0.1) is 0 Å². The van der Waals surface area contributed by atoms with Crippen molar-refractivity contribution >= 4 is 5.78 Å². The fourth-order valence-electron chi connectivity index (χ4n) is 3.62. The Morgan fingerprint density at radius 2 is 1.56 bits per heavy atom. The van der Waals surface area contributed by atoms with Crippen LogP contribution in [0.3, 0.4) is 0 Å². The second-order valence-electron chi connectivity index (χ2n) is 6.28. The number of likely N-dealkylation sites (N-methyl/N-ethyl adjacent to an activating group) is 1. The molecule has 1 atom stereocenters. The van der Waals surface area contributed by atoms with Crippen molar-refractivity contribution in [1.82, 2.24) is 4.90 Å². The number of carbonyl (C=O) groups excluding carboxylic acids is 1. The van der Waals surface area contributed by atoms with Crippen LogP contribution in [-0.2, 0) is 6.42 Å². The highest BCUT2D eigenvalue weighted by molar-refractivity contribution is 6.03. The summed E-state index contributed by atoms with van der Waals surface area (Å²) in [5.74, 6) is 0.953. The molecule has 0 saturated heterocycles. The van der Waals surface area contributed by atoms with E-state index < -0.39 is 5.54 Å². The normalized spacial score (nSPS) is 13.5. The smallest absolute Gasteiger partial charge is 0.183 e. The Hall–Kier alpha value is -2.13. The molecule has 0 amide bonds. The minimum atomic E-state index is -0.528. The fourth-order valence-corrected chi connectivity index (χ4v) is 3.62. The molecule has 134 valence electrons. The first-order chi connectivity index (χ1) is 12.1. The van der Waals surface area contributed by atoms with Gasteiger partial charge < -0.3 is 4.74 Å². The molecule has 3 heteroatoms. The summed E-state index contributed by atoms with van der Waals surface area (Å²) >= 11 is 0. The van der Waals surface area contributed by atoms with E-state index in [9.17, 15) is 4.79 Å². The molecule has 0 aromatic heterocycles. The lowest BCUT2D eigenvalue weighted by molar-refractivity contribution is 0.0548. The molecule has 25 heavy (non-hydrogen) atoms. The molecule has 2 rings (SSSR count). The number of benzene rings is 2. The Kier molecular flexibility index (Phi) is 6.77. The number of hydrogen-bond donors (Lipinski definition) is 0. The van der Waals surface area contributed by atoms with E-state index in [4.69, 9.17) is 4.74 Å². The maximum atomic E-state index is 13.6. The van der Waals surface area contributed by atoms with E-state index in [1.165, 1.54) is 5.56 Å². The Bertz CT molecular complexity index is 662. The van der Waals surface area contributed by atoms with Gasteiger partial charge in [-0.05, 0) is 55.8 Å². The van der Waals surface area contributed by atoms with Gasteiger partial charge in [0.2, 0.25) is 0 Å². The van der Waals surface area contributed by atoms with Crippen molar-refractivity contribution in [2.24, 2.45) is 0 Å². The van der Waals surface area contributed by atoms with Crippen LogP contribution in [0.4, 0.5) is 0 Å². The van der Waals surface area contributed by atoms with Crippen molar-refractivity contribution in [3.05, 3.63) is 65.7 Å². The lowest BCUT2D eigenvalue weighted by atomic mass is 9.79.